The van der Waals surface area contributed by atoms with E-state index in [1.807, 2.05) is 6.92 Å². The minimum atomic E-state index is -0.366. The highest BCUT2D eigenvalue weighted by Crippen LogP contribution is 2.50. The lowest BCUT2D eigenvalue weighted by molar-refractivity contribution is 0.253. The number of hydrogen-bond donors (Lipinski definition) is 0. The molecule has 3 nitrogen and oxygen atoms in total. The molecule has 0 atom stereocenters. The summed E-state index contributed by atoms with van der Waals surface area (Å²) in [6, 6.07) is 0. The van der Waals surface area contributed by atoms with Gasteiger partial charge in [0.25, 0.3) is 0 Å². The van der Waals surface area contributed by atoms with Gasteiger partial charge in [0.05, 0.1) is 17.1 Å². The Balaban J connectivity index is 2.74. The molecule has 1 aliphatic rings. The van der Waals surface area contributed by atoms with Crippen LogP contribution in [0, 0.1) is 20.8 Å². The summed E-state index contributed by atoms with van der Waals surface area (Å²) in [6.45, 7) is 6.17. The second-order valence-corrected chi connectivity index (χ2v) is 5.98. The molecule has 1 fully saturated rings. The molecule has 4 heteroatoms. The highest BCUT2D eigenvalue weighted by Gasteiger charge is 2.42. The van der Waals surface area contributed by atoms with Gasteiger partial charge in [-0.1, -0.05) is 0 Å². The van der Waals surface area contributed by atoms with Gasteiger partial charge in [-0.2, -0.15) is 4.99 Å². The van der Waals surface area contributed by atoms with Gasteiger partial charge in [0.15, 0.2) is 0 Å². The Hall–Kier alpha value is -1.12. The highest BCUT2D eigenvalue weighted by molar-refractivity contribution is 9.10. The van der Waals surface area contributed by atoms with Crippen LogP contribution in [0.5, 0.6) is 5.75 Å². The van der Waals surface area contributed by atoms with E-state index in [0.29, 0.717) is 0 Å². The standard InChI is InChI=1S/C15H18BrNO2/c1-9-10(2)14(19-4)13(16)11(3)12(9)15(17-8-18)6-5-7-15/h5-7H2,1-4H3. The minimum absolute atomic E-state index is 0.366. The molecular formula is C15H18BrNO2. The Labute approximate surface area is 122 Å². The van der Waals surface area contributed by atoms with Crippen molar-refractivity contribution in [2.24, 2.45) is 4.99 Å². The van der Waals surface area contributed by atoms with Gasteiger partial charge in [-0.15, -0.1) is 0 Å². The number of benzene rings is 1. The Bertz CT molecular complexity index is 541. The van der Waals surface area contributed by atoms with Crippen molar-refractivity contribution in [2.75, 3.05) is 7.11 Å². The summed E-state index contributed by atoms with van der Waals surface area (Å²) in [5.74, 6) is 0.864. The van der Waals surface area contributed by atoms with E-state index in [1.54, 1.807) is 13.2 Å². The number of carbonyl (C=O) groups excluding carboxylic acids is 1. The van der Waals surface area contributed by atoms with Crippen molar-refractivity contribution in [3.05, 3.63) is 26.7 Å². The van der Waals surface area contributed by atoms with E-state index in [1.165, 1.54) is 0 Å². The SMILES string of the molecule is COc1c(C)c(C)c(C2(N=C=O)CCC2)c(C)c1Br. The van der Waals surface area contributed by atoms with Crippen LogP contribution in [-0.4, -0.2) is 13.2 Å². The smallest absolute Gasteiger partial charge is 0.235 e. The van der Waals surface area contributed by atoms with Crippen LogP contribution >= 0.6 is 15.9 Å². The summed E-state index contributed by atoms with van der Waals surface area (Å²) in [4.78, 5) is 14.9. The van der Waals surface area contributed by atoms with Crippen molar-refractivity contribution >= 4 is 22.0 Å². The van der Waals surface area contributed by atoms with Crippen LogP contribution in [0.4, 0.5) is 0 Å². The van der Waals surface area contributed by atoms with E-state index in [4.69, 9.17) is 4.74 Å². The van der Waals surface area contributed by atoms with E-state index >= 15 is 0 Å². The number of rotatable bonds is 3. The fourth-order valence-electron chi connectivity index (χ4n) is 3.04. The van der Waals surface area contributed by atoms with Crippen LogP contribution in [0.2, 0.25) is 0 Å². The molecule has 0 N–H and O–H groups in total. The van der Waals surface area contributed by atoms with Gasteiger partial charge < -0.3 is 4.74 Å². The quantitative estimate of drug-likeness (QED) is 0.620. The van der Waals surface area contributed by atoms with E-state index in [9.17, 15) is 4.79 Å². The van der Waals surface area contributed by atoms with Gasteiger partial charge in [-0.25, -0.2) is 4.79 Å². The molecule has 2 rings (SSSR count). The van der Waals surface area contributed by atoms with E-state index in [-0.39, 0.29) is 5.54 Å². The number of methoxy groups -OCH3 is 1. The van der Waals surface area contributed by atoms with E-state index < -0.39 is 0 Å². The summed E-state index contributed by atoms with van der Waals surface area (Å²) in [5, 5.41) is 0. The largest absolute Gasteiger partial charge is 0.495 e. The Morgan fingerprint density at radius 1 is 1.21 bits per heavy atom. The topological polar surface area (TPSA) is 38.7 Å². The number of halogens is 1. The Morgan fingerprint density at radius 3 is 2.26 bits per heavy atom. The monoisotopic (exact) mass is 323 g/mol. The first kappa shape index (κ1) is 14.3. The van der Waals surface area contributed by atoms with Crippen LogP contribution in [0.25, 0.3) is 0 Å². The van der Waals surface area contributed by atoms with Gasteiger partial charge in [-0.05, 0) is 78.2 Å². The van der Waals surface area contributed by atoms with Crippen LogP contribution in [0.15, 0.2) is 9.47 Å². The first-order chi connectivity index (χ1) is 8.98. The Kier molecular flexibility index (Phi) is 3.84. The van der Waals surface area contributed by atoms with Gasteiger partial charge in [0.1, 0.15) is 5.75 Å². The zero-order valence-corrected chi connectivity index (χ0v) is 13.3. The highest BCUT2D eigenvalue weighted by atomic mass is 79.9. The molecule has 0 aliphatic heterocycles. The van der Waals surface area contributed by atoms with Crippen LogP contribution in [0.1, 0.15) is 41.5 Å². The van der Waals surface area contributed by atoms with Crippen molar-refractivity contribution < 1.29 is 9.53 Å². The molecular weight excluding hydrogens is 306 g/mol. The predicted octanol–water partition coefficient (Wildman–Crippen LogP) is 4.10. The lowest BCUT2D eigenvalue weighted by atomic mass is 9.69. The molecule has 1 aliphatic carbocycles. The van der Waals surface area contributed by atoms with Crippen molar-refractivity contribution in [1.29, 1.82) is 0 Å². The van der Waals surface area contributed by atoms with Gasteiger partial charge in [0, 0.05) is 0 Å². The number of hydrogen-bond acceptors (Lipinski definition) is 3. The second kappa shape index (κ2) is 5.10. The van der Waals surface area contributed by atoms with Crippen molar-refractivity contribution in [3.63, 3.8) is 0 Å². The molecule has 0 unspecified atom stereocenters. The first-order valence-electron chi connectivity index (χ1n) is 6.41. The fraction of sp³-hybridized carbons (Fsp3) is 0.533. The minimum Gasteiger partial charge on any atom is -0.495 e. The van der Waals surface area contributed by atoms with Gasteiger partial charge >= 0.3 is 0 Å². The number of nitrogens with zero attached hydrogens (tertiary/aromatic N) is 1. The normalized spacial score (nSPS) is 16.5. The molecule has 1 saturated carbocycles. The first-order valence-corrected chi connectivity index (χ1v) is 7.20. The van der Waals surface area contributed by atoms with Gasteiger partial charge in [0.2, 0.25) is 6.08 Å². The fourth-order valence-corrected chi connectivity index (χ4v) is 3.70. The van der Waals surface area contributed by atoms with Crippen LogP contribution < -0.4 is 4.74 Å². The molecule has 0 bridgehead atoms. The number of isocyanates is 1. The maximum Gasteiger partial charge on any atom is 0.235 e. The molecule has 1 aromatic carbocycles. The lowest BCUT2D eigenvalue weighted by Crippen LogP contribution is -2.34. The molecule has 0 amide bonds. The van der Waals surface area contributed by atoms with Gasteiger partial charge in [-0.3, -0.25) is 0 Å². The average Bonchev–Trinajstić information content (AvgIpc) is 2.34. The van der Waals surface area contributed by atoms with Crippen molar-refractivity contribution in [2.45, 2.75) is 45.6 Å². The molecule has 0 radical (unpaired) electrons. The molecule has 0 heterocycles. The third-order valence-corrected chi connectivity index (χ3v) is 5.25. The number of ether oxygens (including phenoxy) is 1. The van der Waals surface area contributed by atoms with Crippen LogP contribution in [-0.2, 0) is 10.3 Å². The maximum atomic E-state index is 10.8. The molecule has 0 saturated heterocycles. The van der Waals surface area contributed by atoms with Crippen molar-refractivity contribution in [1.82, 2.24) is 0 Å². The zero-order chi connectivity index (χ0) is 14.2. The van der Waals surface area contributed by atoms with Crippen LogP contribution in [0.3, 0.4) is 0 Å². The van der Waals surface area contributed by atoms with E-state index in [0.717, 1.165) is 51.7 Å². The summed E-state index contributed by atoms with van der Waals surface area (Å²) >= 11 is 3.61. The zero-order valence-electron chi connectivity index (χ0n) is 11.8. The third-order valence-electron chi connectivity index (χ3n) is 4.29. The summed E-state index contributed by atoms with van der Waals surface area (Å²) in [7, 11) is 1.67. The Morgan fingerprint density at radius 2 is 1.84 bits per heavy atom. The molecule has 1 aromatic rings. The summed E-state index contributed by atoms with van der Waals surface area (Å²) in [6.07, 6.45) is 4.70. The molecule has 102 valence electrons. The third kappa shape index (κ3) is 2.03. The second-order valence-electron chi connectivity index (χ2n) is 5.19. The average molecular weight is 324 g/mol. The maximum absolute atomic E-state index is 10.8. The summed E-state index contributed by atoms with van der Waals surface area (Å²) in [5.41, 5.74) is 4.17. The molecule has 0 aromatic heterocycles. The lowest BCUT2D eigenvalue weighted by Gasteiger charge is -2.40. The summed E-state index contributed by atoms with van der Waals surface area (Å²) < 4.78 is 6.42. The van der Waals surface area contributed by atoms with E-state index in [2.05, 4.69) is 34.8 Å². The van der Waals surface area contributed by atoms with Crippen molar-refractivity contribution in [3.8, 4) is 5.75 Å². The molecule has 0 spiro atoms. The molecule has 19 heavy (non-hydrogen) atoms. The predicted molar refractivity (Wildman–Crippen MR) is 78.6 cm³/mol. The number of aliphatic imine (C=N–C) groups is 1.